The number of ketones is 1. The molecule has 1 rings (SSSR count). The van der Waals surface area contributed by atoms with E-state index in [1.54, 1.807) is 11.8 Å². The summed E-state index contributed by atoms with van der Waals surface area (Å²) < 4.78 is 0. The minimum atomic E-state index is 0.0978. The van der Waals surface area contributed by atoms with Crippen LogP contribution >= 0.6 is 11.8 Å². The molecule has 0 saturated carbocycles. The van der Waals surface area contributed by atoms with E-state index in [0.29, 0.717) is 5.75 Å². The molecule has 0 aliphatic rings. The SMILES string of the molecule is CCSCC(=O)c1cc(C(C)(C)C)ccc1C. The average Bonchev–Trinajstić information content (AvgIpc) is 2.24. The standard InChI is InChI=1S/C15H22OS/c1-6-17-10-14(16)13-9-12(15(3,4)5)8-7-11(13)2/h7-9H,6,10H2,1-5H3. The molecule has 0 fully saturated rings. The molecule has 0 unspecified atom stereocenters. The van der Waals surface area contributed by atoms with E-state index in [1.165, 1.54) is 5.56 Å². The van der Waals surface area contributed by atoms with Crippen molar-refractivity contribution in [3.05, 3.63) is 34.9 Å². The second-order valence-electron chi connectivity index (χ2n) is 5.34. The van der Waals surface area contributed by atoms with Crippen molar-refractivity contribution < 1.29 is 4.79 Å². The molecule has 0 heterocycles. The van der Waals surface area contributed by atoms with Crippen molar-refractivity contribution in [3.8, 4) is 0 Å². The van der Waals surface area contributed by atoms with Gasteiger partial charge in [0.1, 0.15) is 0 Å². The van der Waals surface area contributed by atoms with Crippen molar-refractivity contribution in [2.24, 2.45) is 0 Å². The van der Waals surface area contributed by atoms with E-state index >= 15 is 0 Å². The van der Waals surface area contributed by atoms with Crippen LogP contribution in [0.2, 0.25) is 0 Å². The number of aryl methyl sites for hydroxylation is 1. The largest absolute Gasteiger partial charge is 0.293 e. The molecule has 94 valence electrons. The minimum absolute atomic E-state index is 0.0978. The van der Waals surface area contributed by atoms with Crippen LogP contribution in [0.3, 0.4) is 0 Å². The van der Waals surface area contributed by atoms with E-state index in [0.717, 1.165) is 16.9 Å². The molecular formula is C15H22OS. The van der Waals surface area contributed by atoms with Gasteiger partial charge < -0.3 is 0 Å². The van der Waals surface area contributed by atoms with Gasteiger partial charge in [-0.2, -0.15) is 11.8 Å². The predicted molar refractivity (Wildman–Crippen MR) is 77.2 cm³/mol. The van der Waals surface area contributed by atoms with E-state index in [9.17, 15) is 4.79 Å². The highest BCUT2D eigenvalue weighted by Crippen LogP contribution is 2.25. The van der Waals surface area contributed by atoms with Crippen molar-refractivity contribution in [1.29, 1.82) is 0 Å². The Hall–Kier alpha value is -0.760. The molecule has 17 heavy (non-hydrogen) atoms. The highest BCUT2D eigenvalue weighted by Gasteiger charge is 2.17. The number of hydrogen-bond acceptors (Lipinski definition) is 2. The van der Waals surface area contributed by atoms with Crippen LogP contribution in [0.1, 0.15) is 49.2 Å². The van der Waals surface area contributed by atoms with Gasteiger partial charge in [0.25, 0.3) is 0 Å². The summed E-state index contributed by atoms with van der Waals surface area (Å²) in [4.78, 5) is 12.1. The maximum absolute atomic E-state index is 12.1. The average molecular weight is 250 g/mol. The summed E-state index contributed by atoms with van der Waals surface area (Å²) in [6.07, 6.45) is 0. The summed E-state index contributed by atoms with van der Waals surface area (Å²) in [7, 11) is 0. The number of carbonyl (C=O) groups is 1. The summed E-state index contributed by atoms with van der Waals surface area (Å²) in [5.74, 6) is 1.83. The second-order valence-corrected chi connectivity index (χ2v) is 6.61. The molecule has 0 aliphatic heterocycles. The van der Waals surface area contributed by atoms with E-state index in [-0.39, 0.29) is 11.2 Å². The summed E-state index contributed by atoms with van der Waals surface area (Å²) in [6, 6.07) is 6.25. The van der Waals surface area contributed by atoms with Crippen molar-refractivity contribution in [1.82, 2.24) is 0 Å². The van der Waals surface area contributed by atoms with Crippen LogP contribution in [0, 0.1) is 6.92 Å². The van der Waals surface area contributed by atoms with Crippen LogP contribution in [-0.4, -0.2) is 17.3 Å². The lowest BCUT2D eigenvalue weighted by Crippen LogP contribution is -2.14. The van der Waals surface area contributed by atoms with Crippen LogP contribution in [0.15, 0.2) is 18.2 Å². The molecule has 0 amide bonds. The predicted octanol–water partition coefficient (Wildman–Crippen LogP) is 4.23. The number of Topliss-reactive ketones (excluding diaryl/α,β-unsaturated/α-hetero) is 1. The highest BCUT2D eigenvalue weighted by atomic mass is 32.2. The van der Waals surface area contributed by atoms with Crippen molar-refractivity contribution in [2.45, 2.75) is 40.0 Å². The zero-order valence-corrected chi connectivity index (χ0v) is 12.3. The van der Waals surface area contributed by atoms with Crippen LogP contribution in [-0.2, 0) is 5.41 Å². The van der Waals surface area contributed by atoms with E-state index < -0.39 is 0 Å². The topological polar surface area (TPSA) is 17.1 Å². The van der Waals surface area contributed by atoms with Crippen molar-refractivity contribution in [2.75, 3.05) is 11.5 Å². The number of thioether (sulfide) groups is 1. The van der Waals surface area contributed by atoms with Crippen molar-refractivity contribution >= 4 is 17.5 Å². The Morgan fingerprint density at radius 3 is 2.47 bits per heavy atom. The highest BCUT2D eigenvalue weighted by molar-refractivity contribution is 7.99. The number of carbonyl (C=O) groups excluding carboxylic acids is 1. The molecule has 1 aromatic carbocycles. The first-order valence-electron chi connectivity index (χ1n) is 6.08. The Bertz CT molecular complexity index is 402. The van der Waals surface area contributed by atoms with Gasteiger partial charge in [0, 0.05) is 5.56 Å². The fraction of sp³-hybridized carbons (Fsp3) is 0.533. The Kier molecular flexibility index (Phi) is 4.81. The quantitative estimate of drug-likeness (QED) is 0.744. The molecular weight excluding hydrogens is 228 g/mol. The van der Waals surface area contributed by atoms with Gasteiger partial charge in [0.15, 0.2) is 5.78 Å². The zero-order chi connectivity index (χ0) is 13.1. The lowest BCUT2D eigenvalue weighted by Gasteiger charge is -2.20. The van der Waals surface area contributed by atoms with Gasteiger partial charge in [-0.05, 0) is 35.3 Å². The molecule has 1 aromatic rings. The first-order valence-corrected chi connectivity index (χ1v) is 7.23. The minimum Gasteiger partial charge on any atom is -0.293 e. The molecule has 0 bridgehead atoms. The van der Waals surface area contributed by atoms with Gasteiger partial charge in [-0.3, -0.25) is 4.79 Å². The zero-order valence-electron chi connectivity index (χ0n) is 11.5. The molecule has 0 radical (unpaired) electrons. The van der Waals surface area contributed by atoms with Crippen LogP contribution in [0.4, 0.5) is 0 Å². The summed E-state index contributed by atoms with van der Waals surface area (Å²) >= 11 is 1.68. The lowest BCUT2D eigenvalue weighted by atomic mass is 9.85. The van der Waals surface area contributed by atoms with Gasteiger partial charge in [-0.15, -0.1) is 0 Å². The summed E-state index contributed by atoms with van der Waals surface area (Å²) in [6.45, 7) is 10.6. The number of benzene rings is 1. The number of hydrogen-bond donors (Lipinski definition) is 0. The summed E-state index contributed by atoms with van der Waals surface area (Å²) in [5.41, 5.74) is 3.30. The Morgan fingerprint density at radius 1 is 1.29 bits per heavy atom. The van der Waals surface area contributed by atoms with E-state index in [4.69, 9.17) is 0 Å². The fourth-order valence-electron chi connectivity index (χ4n) is 1.66. The first kappa shape index (κ1) is 14.3. The lowest BCUT2D eigenvalue weighted by molar-refractivity contribution is 0.102. The van der Waals surface area contributed by atoms with E-state index in [2.05, 4.69) is 45.9 Å². The van der Waals surface area contributed by atoms with Crippen LogP contribution < -0.4 is 0 Å². The molecule has 0 saturated heterocycles. The Labute approximate surface area is 109 Å². The third-order valence-electron chi connectivity index (χ3n) is 2.84. The maximum atomic E-state index is 12.1. The molecule has 0 spiro atoms. The van der Waals surface area contributed by atoms with Gasteiger partial charge in [-0.25, -0.2) is 0 Å². The molecule has 0 N–H and O–H groups in total. The first-order chi connectivity index (χ1) is 7.86. The molecule has 1 nitrogen and oxygen atoms in total. The maximum Gasteiger partial charge on any atom is 0.172 e. The molecule has 0 atom stereocenters. The van der Waals surface area contributed by atoms with Gasteiger partial charge in [-0.1, -0.05) is 39.8 Å². The van der Waals surface area contributed by atoms with Crippen LogP contribution in [0.5, 0.6) is 0 Å². The third kappa shape index (κ3) is 3.88. The Balaban J connectivity index is 3.02. The number of rotatable bonds is 4. The van der Waals surface area contributed by atoms with Gasteiger partial charge in [0.05, 0.1) is 5.75 Å². The van der Waals surface area contributed by atoms with Gasteiger partial charge >= 0.3 is 0 Å². The van der Waals surface area contributed by atoms with Gasteiger partial charge in [0.2, 0.25) is 0 Å². The smallest absolute Gasteiger partial charge is 0.172 e. The Morgan fingerprint density at radius 2 is 1.94 bits per heavy atom. The third-order valence-corrected chi connectivity index (χ3v) is 3.72. The van der Waals surface area contributed by atoms with E-state index in [1.807, 2.05) is 6.92 Å². The molecule has 0 aliphatic carbocycles. The second kappa shape index (κ2) is 5.72. The fourth-order valence-corrected chi connectivity index (χ4v) is 2.21. The van der Waals surface area contributed by atoms with Crippen molar-refractivity contribution in [3.63, 3.8) is 0 Å². The normalized spacial score (nSPS) is 11.6. The summed E-state index contributed by atoms with van der Waals surface area (Å²) in [5, 5.41) is 0. The van der Waals surface area contributed by atoms with Crippen LogP contribution in [0.25, 0.3) is 0 Å². The molecule has 2 heteroatoms. The monoisotopic (exact) mass is 250 g/mol. The molecule has 0 aromatic heterocycles.